The Labute approximate surface area is 144 Å². The number of aryl methyl sites for hydroxylation is 2. The highest BCUT2D eigenvalue weighted by molar-refractivity contribution is 6.05. The van der Waals surface area contributed by atoms with Crippen molar-refractivity contribution in [2.24, 2.45) is 0 Å². The number of aromatic nitrogens is 2. The Kier molecular flexibility index (Phi) is 4.61. The molecule has 0 fully saturated rings. The summed E-state index contributed by atoms with van der Waals surface area (Å²) < 4.78 is 5.85. The van der Waals surface area contributed by atoms with Gasteiger partial charge in [-0.25, -0.2) is 4.79 Å². The van der Waals surface area contributed by atoms with Crippen LogP contribution in [0, 0.1) is 13.8 Å². The normalized spacial score (nSPS) is 10.3. The second-order valence-corrected chi connectivity index (χ2v) is 5.62. The quantitative estimate of drug-likeness (QED) is 0.765. The molecule has 2 aromatic carbocycles. The fourth-order valence-electron chi connectivity index (χ4n) is 2.38. The third-order valence-electron chi connectivity index (χ3n) is 3.47. The maximum Gasteiger partial charge on any atom is 0.347 e. The Morgan fingerprint density at radius 3 is 2.64 bits per heavy atom. The minimum atomic E-state index is -0.514. The summed E-state index contributed by atoms with van der Waals surface area (Å²) in [5, 5.41) is 2.63. The van der Waals surface area contributed by atoms with Crippen molar-refractivity contribution in [2.45, 2.75) is 13.8 Å². The number of nitrogens with zero attached hydrogens (tertiary/aromatic N) is 1. The summed E-state index contributed by atoms with van der Waals surface area (Å²) in [6.45, 7) is 3.68. The zero-order chi connectivity index (χ0) is 17.8. The molecule has 126 valence electrons. The number of ether oxygens (including phenoxy) is 1. The van der Waals surface area contributed by atoms with Gasteiger partial charge < -0.3 is 15.0 Å². The van der Waals surface area contributed by atoms with E-state index in [1.165, 1.54) is 0 Å². The minimum Gasteiger partial charge on any atom is -0.457 e. The lowest BCUT2D eigenvalue weighted by Crippen LogP contribution is -2.19. The van der Waals surface area contributed by atoms with Crippen molar-refractivity contribution in [3.63, 3.8) is 0 Å². The summed E-state index contributed by atoms with van der Waals surface area (Å²) in [5.74, 6) is 0.856. The molecule has 0 aliphatic heterocycles. The first-order valence-corrected chi connectivity index (χ1v) is 7.74. The zero-order valence-corrected chi connectivity index (χ0v) is 13.9. The Hall–Kier alpha value is -3.41. The van der Waals surface area contributed by atoms with Crippen molar-refractivity contribution in [2.75, 3.05) is 5.32 Å². The molecule has 0 saturated heterocycles. The standard InChI is InChI=1S/C19H17N3O3/c1-12-6-5-7-14(10-12)25-16-9-4-3-8-15(16)18(23)21-17-11-13(2)20-19(24)22-17/h3-11H,1-2H3,(H2,20,21,22,23,24). The Balaban J connectivity index is 1.87. The fraction of sp³-hybridized carbons (Fsp3) is 0.105. The van der Waals surface area contributed by atoms with Crippen LogP contribution < -0.4 is 15.7 Å². The number of H-pyrrole nitrogens is 1. The number of hydrogen-bond acceptors (Lipinski definition) is 4. The fourth-order valence-corrected chi connectivity index (χ4v) is 2.38. The van der Waals surface area contributed by atoms with Crippen molar-refractivity contribution in [1.82, 2.24) is 9.97 Å². The van der Waals surface area contributed by atoms with E-state index in [0.717, 1.165) is 5.56 Å². The summed E-state index contributed by atoms with van der Waals surface area (Å²) >= 11 is 0. The van der Waals surface area contributed by atoms with E-state index in [4.69, 9.17) is 4.74 Å². The Morgan fingerprint density at radius 1 is 1.08 bits per heavy atom. The van der Waals surface area contributed by atoms with Crippen molar-refractivity contribution in [3.05, 3.63) is 81.9 Å². The zero-order valence-electron chi connectivity index (χ0n) is 13.9. The van der Waals surface area contributed by atoms with Crippen molar-refractivity contribution >= 4 is 11.7 Å². The van der Waals surface area contributed by atoms with Gasteiger partial charge in [0.25, 0.3) is 5.91 Å². The largest absolute Gasteiger partial charge is 0.457 e. The molecule has 6 heteroatoms. The topological polar surface area (TPSA) is 84.1 Å². The molecule has 0 spiro atoms. The van der Waals surface area contributed by atoms with Gasteiger partial charge in [0.05, 0.1) is 5.56 Å². The average molecular weight is 335 g/mol. The van der Waals surface area contributed by atoms with Gasteiger partial charge in [-0.1, -0.05) is 24.3 Å². The molecule has 3 rings (SSSR count). The first-order chi connectivity index (χ1) is 12.0. The third kappa shape index (κ3) is 4.11. The highest BCUT2D eigenvalue weighted by atomic mass is 16.5. The molecule has 0 radical (unpaired) electrons. The van der Waals surface area contributed by atoms with Crippen molar-refractivity contribution in [1.29, 1.82) is 0 Å². The second kappa shape index (κ2) is 7.00. The van der Waals surface area contributed by atoms with Gasteiger partial charge in [-0.3, -0.25) is 4.79 Å². The summed E-state index contributed by atoms with van der Waals surface area (Å²) in [6.07, 6.45) is 0. The van der Waals surface area contributed by atoms with Gasteiger partial charge in [-0.2, -0.15) is 4.98 Å². The van der Waals surface area contributed by atoms with E-state index in [1.807, 2.05) is 31.2 Å². The van der Waals surface area contributed by atoms with Gasteiger partial charge in [0.15, 0.2) is 0 Å². The van der Waals surface area contributed by atoms with Crippen LogP contribution in [0.2, 0.25) is 0 Å². The molecule has 25 heavy (non-hydrogen) atoms. The molecule has 0 bridgehead atoms. The van der Waals surface area contributed by atoms with Gasteiger partial charge in [0, 0.05) is 11.8 Å². The van der Waals surface area contributed by atoms with E-state index < -0.39 is 11.6 Å². The molecule has 1 heterocycles. The predicted octanol–water partition coefficient (Wildman–Crippen LogP) is 3.43. The van der Waals surface area contributed by atoms with Crippen LogP contribution in [0.4, 0.5) is 5.82 Å². The molecule has 1 aromatic heterocycles. The number of amides is 1. The van der Waals surface area contributed by atoms with Crippen LogP contribution in [0.5, 0.6) is 11.5 Å². The van der Waals surface area contributed by atoms with Crippen LogP contribution >= 0.6 is 0 Å². The number of anilines is 1. The monoisotopic (exact) mass is 335 g/mol. The molecule has 0 atom stereocenters. The van der Waals surface area contributed by atoms with Crippen LogP contribution in [0.3, 0.4) is 0 Å². The lowest BCUT2D eigenvalue weighted by atomic mass is 10.2. The van der Waals surface area contributed by atoms with Crippen LogP contribution in [0.1, 0.15) is 21.6 Å². The number of benzene rings is 2. The molecular formula is C19H17N3O3. The number of carbonyl (C=O) groups is 1. The lowest BCUT2D eigenvalue weighted by molar-refractivity contribution is 0.102. The molecule has 0 saturated carbocycles. The van der Waals surface area contributed by atoms with Gasteiger partial charge in [0.2, 0.25) is 0 Å². The van der Waals surface area contributed by atoms with Crippen LogP contribution in [-0.4, -0.2) is 15.9 Å². The summed E-state index contributed by atoms with van der Waals surface area (Å²) in [5.41, 5.74) is 1.51. The van der Waals surface area contributed by atoms with E-state index in [2.05, 4.69) is 15.3 Å². The first kappa shape index (κ1) is 16.4. The number of rotatable bonds is 4. The molecule has 6 nitrogen and oxygen atoms in total. The first-order valence-electron chi connectivity index (χ1n) is 7.74. The van der Waals surface area contributed by atoms with Gasteiger partial charge >= 0.3 is 5.69 Å². The average Bonchev–Trinajstić information content (AvgIpc) is 2.54. The summed E-state index contributed by atoms with van der Waals surface area (Å²) in [4.78, 5) is 30.3. The van der Waals surface area contributed by atoms with Crippen molar-refractivity contribution in [3.8, 4) is 11.5 Å². The van der Waals surface area contributed by atoms with Crippen LogP contribution in [-0.2, 0) is 0 Å². The molecular weight excluding hydrogens is 318 g/mol. The molecule has 1 amide bonds. The minimum absolute atomic E-state index is 0.191. The highest BCUT2D eigenvalue weighted by Crippen LogP contribution is 2.26. The highest BCUT2D eigenvalue weighted by Gasteiger charge is 2.14. The van der Waals surface area contributed by atoms with Gasteiger partial charge in [0.1, 0.15) is 17.3 Å². The summed E-state index contributed by atoms with van der Waals surface area (Å²) in [6, 6.07) is 16.0. The number of para-hydroxylation sites is 1. The van der Waals surface area contributed by atoms with E-state index >= 15 is 0 Å². The predicted molar refractivity (Wildman–Crippen MR) is 95.2 cm³/mol. The number of aromatic amines is 1. The van der Waals surface area contributed by atoms with Gasteiger partial charge in [-0.05, 0) is 43.7 Å². The molecule has 0 unspecified atom stereocenters. The lowest BCUT2D eigenvalue weighted by Gasteiger charge is -2.11. The maximum atomic E-state index is 12.6. The van der Waals surface area contributed by atoms with E-state index in [9.17, 15) is 9.59 Å². The van der Waals surface area contributed by atoms with E-state index in [0.29, 0.717) is 22.8 Å². The molecule has 3 aromatic rings. The number of hydrogen-bond donors (Lipinski definition) is 2. The van der Waals surface area contributed by atoms with Gasteiger partial charge in [-0.15, -0.1) is 0 Å². The summed E-state index contributed by atoms with van der Waals surface area (Å²) in [7, 11) is 0. The molecule has 0 aliphatic rings. The Morgan fingerprint density at radius 2 is 1.88 bits per heavy atom. The van der Waals surface area contributed by atoms with E-state index in [-0.39, 0.29) is 5.82 Å². The third-order valence-corrected chi connectivity index (χ3v) is 3.47. The molecule has 0 aliphatic carbocycles. The molecule has 2 N–H and O–H groups in total. The van der Waals surface area contributed by atoms with E-state index in [1.54, 1.807) is 37.3 Å². The number of nitrogens with one attached hydrogen (secondary N) is 2. The number of carbonyl (C=O) groups excluding carboxylic acids is 1. The SMILES string of the molecule is Cc1cccc(Oc2ccccc2C(=O)Nc2cc(C)[nH]c(=O)n2)c1. The van der Waals surface area contributed by atoms with Crippen LogP contribution in [0.25, 0.3) is 0 Å². The van der Waals surface area contributed by atoms with Crippen molar-refractivity contribution < 1.29 is 9.53 Å². The second-order valence-electron chi connectivity index (χ2n) is 5.62. The maximum absolute atomic E-state index is 12.6. The Bertz CT molecular complexity index is 979. The smallest absolute Gasteiger partial charge is 0.347 e. The van der Waals surface area contributed by atoms with Crippen LogP contribution in [0.15, 0.2) is 59.4 Å².